The Morgan fingerprint density at radius 2 is 1.62 bits per heavy atom. The van der Waals surface area contributed by atoms with Gasteiger partial charge in [-0.05, 0) is 54.5 Å². The Morgan fingerprint density at radius 1 is 0.931 bits per heavy atom. The molecule has 5 nitrogen and oxygen atoms in total. The van der Waals surface area contributed by atoms with E-state index < -0.39 is 11.9 Å². The number of hydrogen-bond donors (Lipinski definition) is 0. The maximum atomic E-state index is 12.2. The SMILES string of the molecule is Cc1ccccc1C1=N/C(=C\c2ccc(OC(=O)c3ccccc3)cc2)C(=O)O1. The van der Waals surface area contributed by atoms with Crippen molar-refractivity contribution in [2.75, 3.05) is 0 Å². The van der Waals surface area contributed by atoms with E-state index in [1.165, 1.54) is 0 Å². The second kappa shape index (κ2) is 7.94. The number of aliphatic imine (C=N–C) groups is 1. The van der Waals surface area contributed by atoms with E-state index in [2.05, 4.69) is 4.99 Å². The zero-order valence-electron chi connectivity index (χ0n) is 15.7. The van der Waals surface area contributed by atoms with E-state index in [1.54, 1.807) is 54.6 Å². The molecule has 1 heterocycles. The fourth-order valence-electron chi connectivity index (χ4n) is 2.87. The van der Waals surface area contributed by atoms with E-state index in [0.717, 1.165) is 16.7 Å². The van der Waals surface area contributed by atoms with Crippen molar-refractivity contribution >= 4 is 23.9 Å². The molecule has 0 amide bonds. The Morgan fingerprint density at radius 3 is 2.34 bits per heavy atom. The Labute approximate surface area is 167 Å². The van der Waals surface area contributed by atoms with E-state index >= 15 is 0 Å². The predicted molar refractivity (Wildman–Crippen MR) is 110 cm³/mol. The summed E-state index contributed by atoms with van der Waals surface area (Å²) in [5.74, 6) is -0.210. The van der Waals surface area contributed by atoms with Gasteiger partial charge in [0.05, 0.1) is 5.56 Å². The van der Waals surface area contributed by atoms with Gasteiger partial charge in [-0.2, -0.15) is 0 Å². The lowest BCUT2D eigenvalue weighted by Crippen LogP contribution is -2.08. The molecule has 0 saturated heterocycles. The average Bonchev–Trinajstić information content (AvgIpc) is 3.10. The van der Waals surface area contributed by atoms with Gasteiger partial charge in [0.2, 0.25) is 5.90 Å². The number of ether oxygens (including phenoxy) is 2. The average molecular weight is 383 g/mol. The van der Waals surface area contributed by atoms with E-state index in [-0.39, 0.29) is 5.70 Å². The third-order valence-corrected chi connectivity index (χ3v) is 4.40. The van der Waals surface area contributed by atoms with E-state index in [1.807, 2.05) is 37.3 Å². The smallest absolute Gasteiger partial charge is 0.363 e. The highest BCUT2D eigenvalue weighted by Crippen LogP contribution is 2.22. The van der Waals surface area contributed by atoms with Crippen LogP contribution in [0.15, 0.2) is 89.6 Å². The molecular formula is C24H17NO4. The summed E-state index contributed by atoms with van der Waals surface area (Å²) in [5.41, 5.74) is 3.20. The minimum atomic E-state index is -0.497. The minimum absolute atomic E-state index is 0.220. The van der Waals surface area contributed by atoms with Gasteiger partial charge in [-0.1, -0.05) is 48.5 Å². The largest absolute Gasteiger partial charge is 0.423 e. The molecule has 0 aliphatic carbocycles. The summed E-state index contributed by atoms with van der Waals surface area (Å²) in [6.07, 6.45) is 1.64. The first-order valence-corrected chi connectivity index (χ1v) is 9.06. The summed E-state index contributed by atoms with van der Waals surface area (Å²) in [7, 11) is 0. The number of aryl methyl sites for hydroxylation is 1. The monoisotopic (exact) mass is 383 g/mol. The van der Waals surface area contributed by atoms with Gasteiger partial charge >= 0.3 is 11.9 Å². The molecule has 0 fully saturated rings. The lowest BCUT2D eigenvalue weighted by molar-refractivity contribution is -0.129. The summed E-state index contributed by atoms with van der Waals surface area (Å²) >= 11 is 0. The molecule has 0 N–H and O–H groups in total. The summed E-state index contributed by atoms with van der Waals surface area (Å²) in [6.45, 7) is 1.93. The number of hydrogen-bond acceptors (Lipinski definition) is 5. The quantitative estimate of drug-likeness (QED) is 0.376. The highest BCUT2D eigenvalue weighted by atomic mass is 16.6. The summed E-state index contributed by atoms with van der Waals surface area (Å²) in [6, 6.07) is 23.2. The molecule has 3 aromatic rings. The van der Waals surface area contributed by atoms with Crippen molar-refractivity contribution in [1.82, 2.24) is 0 Å². The van der Waals surface area contributed by atoms with Crippen molar-refractivity contribution < 1.29 is 19.1 Å². The standard InChI is InChI=1S/C24H17NO4/c1-16-7-5-6-10-20(16)22-25-21(24(27)29-22)15-17-11-13-19(14-12-17)28-23(26)18-8-3-2-4-9-18/h2-15H,1H3/b21-15-. The molecule has 4 rings (SSSR count). The highest BCUT2D eigenvalue weighted by molar-refractivity contribution is 6.13. The molecule has 1 aliphatic heterocycles. The van der Waals surface area contributed by atoms with E-state index in [0.29, 0.717) is 17.2 Å². The van der Waals surface area contributed by atoms with Crippen LogP contribution in [0.1, 0.15) is 27.0 Å². The minimum Gasteiger partial charge on any atom is -0.423 e. The van der Waals surface area contributed by atoms with Gasteiger partial charge in [0.1, 0.15) is 5.75 Å². The van der Waals surface area contributed by atoms with Crippen molar-refractivity contribution in [3.63, 3.8) is 0 Å². The molecule has 3 aromatic carbocycles. The van der Waals surface area contributed by atoms with Crippen LogP contribution < -0.4 is 4.74 Å². The number of esters is 2. The molecule has 1 aliphatic rings. The van der Waals surface area contributed by atoms with Crippen LogP contribution in [-0.2, 0) is 9.53 Å². The molecule has 142 valence electrons. The molecule has 0 bridgehead atoms. The van der Waals surface area contributed by atoms with Crippen LogP contribution in [0, 0.1) is 6.92 Å². The Balaban J connectivity index is 1.51. The van der Waals surface area contributed by atoms with Gasteiger partial charge in [-0.15, -0.1) is 0 Å². The topological polar surface area (TPSA) is 65.0 Å². The molecule has 5 heteroatoms. The van der Waals surface area contributed by atoms with Crippen molar-refractivity contribution in [3.05, 3.63) is 107 Å². The fraction of sp³-hybridized carbons (Fsp3) is 0.0417. The summed E-state index contributed by atoms with van der Waals surface area (Å²) < 4.78 is 10.7. The van der Waals surface area contributed by atoms with Crippen molar-refractivity contribution in [3.8, 4) is 5.75 Å². The number of cyclic esters (lactones) is 1. The van der Waals surface area contributed by atoms with Crippen LogP contribution in [0.4, 0.5) is 0 Å². The number of benzene rings is 3. The van der Waals surface area contributed by atoms with Crippen LogP contribution in [0.2, 0.25) is 0 Å². The molecule has 0 unspecified atom stereocenters. The highest BCUT2D eigenvalue weighted by Gasteiger charge is 2.24. The first-order valence-electron chi connectivity index (χ1n) is 9.06. The Kier molecular flexibility index (Phi) is 5.03. The molecule has 29 heavy (non-hydrogen) atoms. The Bertz CT molecular complexity index is 1130. The molecule has 0 spiro atoms. The molecule has 0 aromatic heterocycles. The van der Waals surface area contributed by atoms with Gasteiger partial charge in [0, 0.05) is 5.56 Å². The normalized spacial score (nSPS) is 14.4. The van der Waals surface area contributed by atoms with E-state index in [4.69, 9.17) is 9.47 Å². The van der Waals surface area contributed by atoms with Gasteiger partial charge in [0.15, 0.2) is 5.70 Å². The van der Waals surface area contributed by atoms with Crippen molar-refractivity contribution in [1.29, 1.82) is 0 Å². The van der Waals surface area contributed by atoms with Gasteiger partial charge in [0.25, 0.3) is 0 Å². The number of nitrogens with zero attached hydrogens (tertiary/aromatic N) is 1. The number of carbonyl (C=O) groups is 2. The first-order chi connectivity index (χ1) is 14.1. The molecule has 0 radical (unpaired) electrons. The Hall–Kier alpha value is -3.99. The van der Waals surface area contributed by atoms with Gasteiger partial charge < -0.3 is 9.47 Å². The second-order valence-corrected chi connectivity index (χ2v) is 6.48. The maximum absolute atomic E-state index is 12.2. The fourth-order valence-corrected chi connectivity index (χ4v) is 2.87. The van der Waals surface area contributed by atoms with Crippen molar-refractivity contribution in [2.45, 2.75) is 6.92 Å². The van der Waals surface area contributed by atoms with Gasteiger partial charge in [-0.25, -0.2) is 14.6 Å². The van der Waals surface area contributed by atoms with Crippen LogP contribution in [0.25, 0.3) is 6.08 Å². The van der Waals surface area contributed by atoms with Crippen LogP contribution >= 0.6 is 0 Å². The van der Waals surface area contributed by atoms with Crippen LogP contribution in [0.5, 0.6) is 5.75 Å². The third kappa shape index (κ3) is 4.14. The third-order valence-electron chi connectivity index (χ3n) is 4.40. The van der Waals surface area contributed by atoms with Gasteiger partial charge in [-0.3, -0.25) is 0 Å². The first kappa shape index (κ1) is 18.4. The van der Waals surface area contributed by atoms with Crippen molar-refractivity contribution in [2.24, 2.45) is 4.99 Å². The summed E-state index contributed by atoms with van der Waals surface area (Å²) in [4.78, 5) is 28.6. The number of carbonyl (C=O) groups excluding carboxylic acids is 2. The van der Waals surface area contributed by atoms with Crippen LogP contribution in [0.3, 0.4) is 0 Å². The zero-order chi connectivity index (χ0) is 20.2. The predicted octanol–water partition coefficient (Wildman–Crippen LogP) is 4.56. The lowest BCUT2D eigenvalue weighted by atomic mass is 10.1. The lowest BCUT2D eigenvalue weighted by Gasteiger charge is -2.04. The molecule has 0 atom stereocenters. The molecular weight excluding hydrogens is 366 g/mol. The summed E-state index contributed by atoms with van der Waals surface area (Å²) in [5, 5.41) is 0. The zero-order valence-corrected chi connectivity index (χ0v) is 15.7. The number of rotatable bonds is 4. The maximum Gasteiger partial charge on any atom is 0.363 e. The molecule has 0 saturated carbocycles. The second-order valence-electron chi connectivity index (χ2n) is 6.48. The van der Waals surface area contributed by atoms with Crippen LogP contribution in [-0.4, -0.2) is 17.8 Å². The van der Waals surface area contributed by atoms with E-state index in [9.17, 15) is 9.59 Å².